The molecule has 186 valence electrons. The fourth-order valence-corrected chi connectivity index (χ4v) is 6.61. The number of thioether (sulfide) groups is 1. The zero-order chi connectivity index (χ0) is 25.5. The van der Waals surface area contributed by atoms with E-state index in [2.05, 4.69) is 54.8 Å². The van der Waals surface area contributed by atoms with Gasteiger partial charge in [-0.05, 0) is 71.7 Å². The highest BCUT2D eigenvalue weighted by Gasteiger charge is 2.33. The van der Waals surface area contributed by atoms with Crippen molar-refractivity contribution < 1.29 is 9.47 Å². The van der Waals surface area contributed by atoms with Crippen LogP contribution in [0, 0.1) is 0 Å². The van der Waals surface area contributed by atoms with Gasteiger partial charge in [0.05, 0.1) is 30.5 Å². The molecule has 0 bridgehead atoms. The summed E-state index contributed by atoms with van der Waals surface area (Å²) in [6.07, 6.45) is 5.78. The Morgan fingerprint density at radius 3 is 2.54 bits per heavy atom. The van der Waals surface area contributed by atoms with Gasteiger partial charge >= 0.3 is 0 Å². The smallest absolute Gasteiger partial charge is 0.271 e. The highest BCUT2D eigenvalue weighted by atomic mass is 32.2. The minimum Gasteiger partial charge on any atom is -0.493 e. The van der Waals surface area contributed by atoms with E-state index in [9.17, 15) is 4.79 Å². The number of hydrogen-bond donors (Lipinski definition) is 0. The summed E-state index contributed by atoms with van der Waals surface area (Å²) in [6, 6.07) is 22.4. The molecule has 1 aliphatic heterocycles. The maximum Gasteiger partial charge on any atom is 0.271 e. The molecule has 5 nitrogen and oxygen atoms in total. The molecule has 2 aliphatic rings. The standard InChI is InChI=1S/C30H26N2O3S2/c1-34-24-15-11-20(17-25(24)35-2)28-23-14-10-19-6-4-5-7-22(19)27(23)31-30-32(28)29(33)26(37-30)16-18-8-12-21(36-3)13-9-18/h4-9,11-13,15-17,28H,10,14H2,1-3H3. The number of thiazole rings is 1. The Bertz CT molecular complexity index is 1710. The van der Waals surface area contributed by atoms with E-state index in [0.29, 0.717) is 20.8 Å². The number of methoxy groups -OCH3 is 2. The number of fused-ring (bicyclic) bond motifs is 3. The van der Waals surface area contributed by atoms with Crippen LogP contribution in [0.4, 0.5) is 0 Å². The van der Waals surface area contributed by atoms with Crippen LogP contribution >= 0.6 is 23.1 Å². The third kappa shape index (κ3) is 4.12. The zero-order valence-electron chi connectivity index (χ0n) is 20.9. The lowest BCUT2D eigenvalue weighted by atomic mass is 9.83. The van der Waals surface area contributed by atoms with Crippen molar-refractivity contribution in [2.75, 3.05) is 20.5 Å². The van der Waals surface area contributed by atoms with Gasteiger partial charge in [0, 0.05) is 10.5 Å². The number of allylic oxidation sites excluding steroid dienone is 1. The van der Waals surface area contributed by atoms with Crippen molar-refractivity contribution in [2.24, 2.45) is 4.99 Å². The molecule has 0 saturated carbocycles. The van der Waals surface area contributed by atoms with Crippen molar-refractivity contribution in [2.45, 2.75) is 23.8 Å². The lowest BCUT2D eigenvalue weighted by Gasteiger charge is -2.31. The second-order valence-corrected chi connectivity index (χ2v) is 10.9. The number of nitrogens with zero attached hydrogens (tertiary/aromatic N) is 2. The first-order valence-electron chi connectivity index (χ1n) is 12.1. The molecule has 0 radical (unpaired) electrons. The highest BCUT2D eigenvalue weighted by molar-refractivity contribution is 7.98. The van der Waals surface area contributed by atoms with Crippen molar-refractivity contribution in [1.29, 1.82) is 0 Å². The van der Waals surface area contributed by atoms with Crippen molar-refractivity contribution in [3.63, 3.8) is 0 Å². The average Bonchev–Trinajstić information content (AvgIpc) is 3.26. The van der Waals surface area contributed by atoms with Crippen LogP contribution in [0.3, 0.4) is 0 Å². The molecule has 2 heterocycles. The van der Waals surface area contributed by atoms with Crippen LogP contribution < -0.4 is 24.4 Å². The van der Waals surface area contributed by atoms with Gasteiger partial charge in [0.25, 0.3) is 5.56 Å². The van der Waals surface area contributed by atoms with Gasteiger partial charge in [0.1, 0.15) is 0 Å². The predicted molar refractivity (Wildman–Crippen MR) is 151 cm³/mol. The fraction of sp³-hybridized carbons (Fsp3) is 0.200. The number of benzene rings is 3. The summed E-state index contributed by atoms with van der Waals surface area (Å²) >= 11 is 3.15. The molecule has 0 spiro atoms. The van der Waals surface area contributed by atoms with Crippen LogP contribution in [0.2, 0.25) is 0 Å². The van der Waals surface area contributed by atoms with Crippen LogP contribution in [0.5, 0.6) is 11.5 Å². The maximum atomic E-state index is 13.9. The zero-order valence-corrected chi connectivity index (χ0v) is 22.5. The third-order valence-electron chi connectivity index (χ3n) is 7.01. The first-order chi connectivity index (χ1) is 18.1. The number of hydrogen-bond acceptors (Lipinski definition) is 6. The third-order valence-corrected chi connectivity index (χ3v) is 8.74. The van der Waals surface area contributed by atoms with Crippen molar-refractivity contribution in [3.05, 3.63) is 114 Å². The van der Waals surface area contributed by atoms with Gasteiger partial charge in [-0.2, -0.15) is 0 Å². The molecule has 1 aliphatic carbocycles. The molecule has 1 atom stereocenters. The maximum absolute atomic E-state index is 13.9. The van der Waals surface area contributed by atoms with Crippen LogP contribution in [-0.2, 0) is 6.42 Å². The quantitative estimate of drug-likeness (QED) is 0.341. The first kappa shape index (κ1) is 23.8. The minimum atomic E-state index is -0.263. The largest absolute Gasteiger partial charge is 0.493 e. The molecular weight excluding hydrogens is 500 g/mol. The molecule has 3 aromatic carbocycles. The Hall–Kier alpha value is -3.55. The highest BCUT2D eigenvalue weighted by Crippen LogP contribution is 2.42. The Kier molecular flexibility index (Phi) is 6.26. The summed E-state index contributed by atoms with van der Waals surface area (Å²) in [5.74, 6) is 1.31. The summed E-state index contributed by atoms with van der Waals surface area (Å²) in [5, 5.41) is 0. The molecule has 0 amide bonds. The summed E-state index contributed by atoms with van der Waals surface area (Å²) < 4.78 is 13.6. The number of aryl methyl sites for hydroxylation is 1. The molecule has 0 N–H and O–H groups in total. The van der Waals surface area contributed by atoms with E-state index in [0.717, 1.165) is 40.8 Å². The summed E-state index contributed by atoms with van der Waals surface area (Å²) in [4.78, 5) is 20.9. The van der Waals surface area contributed by atoms with Crippen LogP contribution in [0.25, 0.3) is 11.8 Å². The van der Waals surface area contributed by atoms with Gasteiger partial charge in [-0.25, -0.2) is 4.99 Å². The number of ether oxygens (including phenoxy) is 2. The Morgan fingerprint density at radius 1 is 1.00 bits per heavy atom. The lowest BCUT2D eigenvalue weighted by molar-refractivity contribution is 0.354. The molecule has 37 heavy (non-hydrogen) atoms. The molecule has 1 unspecified atom stereocenters. The Balaban J connectivity index is 1.59. The van der Waals surface area contributed by atoms with Gasteiger partial charge in [-0.15, -0.1) is 11.8 Å². The number of rotatable bonds is 5. The first-order valence-corrected chi connectivity index (χ1v) is 14.1. The van der Waals surface area contributed by atoms with E-state index >= 15 is 0 Å². The summed E-state index contributed by atoms with van der Waals surface area (Å²) in [6.45, 7) is 0. The van der Waals surface area contributed by atoms with Gasteiger partial charge in [-0.1, -0.05) is 53.8 Å². The van der Waals surface area contributed by atoms with E-state index in [1.807, 2.05) is 28.8 Å². The summed E-state index contributed by atoms with van der Waals surface area (Å²) in [5.41, 5.74) is 6.55. The Morgan fingerprint density at radius 2 is 1.78 bits per heavy atom. The normalized spacial score (nSPS) is 16.5. The average molecular weight is 527 g/mol. The van der Waals surface area contributed by atoms with Crippen molar-refractivity contribution >= 4 is 34.9 Å². The van der Waals surface area contributed by atoms with Crippen molar-refractivity contribution in [3.8, 4) is 11.5 Å². The van der Waals surface area contributed by atoms with Gasteiger partial charge in [0.2, 0.25) is 0 Å². The minimum absolute atomic E-state index is 0.0251. The predicted octanol–water partition coefficient (Wildman–Crippen LogP) is 5.06. The molecule has 1 aromatic heterocycles. The van der Waals surface area contributed by atoms with Crippen LogP contribution in [-0.4, -0.2) is 25.0 Å². The van der Waals surface area contributed by atoms with Gasteiger partial charge in [-0.3, -0.25) is 9.36 Å². The molecular formula is C30H26N2O3S2. The van der Waals surface area contributed by atoms with Crippen LogP contribution in [0.1, 0.15) is 34.7 Å². The topological polar surface area (TPSA) is 52.8 Å². The van der Waals surface area contributed by atoms with Gasteiger partial charge in [0.15, 0.2) is 16.3 Å². The van der Waals surface area contributed by atoms with Gasteiger partial charge < -0.3 is 9.47 Å². The monoisotopic (exact) mass is 526 g/mol. The number of aromatic nitrogens is 1. The van der Waals surface area contributed by atoms with E-state index in [1.54, 1.807) is 26.0 Å². The molecule has 4 aromatic rings. The van der Waals surface area contributed by atoms with Crippen molar-refractivity contribution in [1.82, 2.24) is 4.57 Å². The van der Waals surface area contributed by atoms with E-state index in [1.165, 1.54) is 21.8 Å². The van der Waals surface area contributed by atoms with E-state index < -0.39 is 0 Å². The SMILES string of the molecule is COc1ccc(C2C3=C(N=c4sc(=Cc5ccc(SC)cc5)c(=O)n42)c2ccccc2CC3)cc1OC. The molecule has 6 rings (SSSR count). The molecule has 0 saturated heterocycles. The fourth-order valence-electron chi connectivity index (χ4n) is 5.20. The second-order valence-electron chi connectivity index (χ2n) is 9.00. The van der Waals surface area contributed by atoms with Crippen LogP contribution in [0.15, 0.2) is 87.0 Å². The molecule has 0 fully saturated rings. The second kappa shape index (κ2) is 9.72. The summed E-state index contributed by atoms with van der Waals surface area (Å²) in [7, 11) is 3.27. The Labute approximate surface area is 223 Å². The van der Waals surface area contributed by atoms with E-state index in [-0.39, 0.29) is 11.6 Å². The lowest BCUT2D eigenvalue weighted by Crippen LogP contribution is -2.38. The van der Waals surface area contributed by atoms with E-state index in [4.69, 9.17) is 14.5 Å². The molecule has 7 heteroatoms.